The summed E-state index contributed by atoms with van der Waals surface area (Å²) >= 11 is 0. The lowest BCUT2D eigenvalue weighted by atomic mass is 9.92. The highest BCUT2D eigenvalue weighted by molar-refractivity contribution is 7.89. The first kappa shape index (κ1) is 18.7. The van der Waals surface area contributed by atoms with Crippen LogP contribution in [0.2, 0.25) is 0 Å². The van der Waals surface area contributed by atoms with E-state index in [-0.39, 0.29) is 11.5 Å². The molecule has 132 valence electrons. The van der Waals surface area contributed by atoms with Gasteiger partial charge in [-0.3, -0.25) is 4.68 Å². The summed E-state index contributed by atoms with van der Waals surface area (Å²) in [6.45, 7) is 10.3. The molecule has 0 unspecified atom stereocenters. The molecule has 5 nitrogen and oxygen atoms in total. The number of hydrogen-bond acceptors (Lipinski definition) is 3. The van der Waals surface area contributed by atoms with Crippen molar-refractivity contribution in [3.8, 4) is 0 Å². The molecule has 0 spiro atoms. The maximum absolute atomic E-state index is 13.1. The normalized spacial score (nSPS) is 13.0. The quantitative estimate of drug-likeness (QED) is 0.829. The van der Waals surface area contributed by atoms with Crippen molar-refractivity contribution in [2.45, 2.75) is 57.5 Å². The zero-order chi connectivity index (χ0) is 18.1. The molecule has 1 heterocycles. The Morgan fingerprint density at radius 1 is 1.17 bits per heavy atom. The Hall–Kier alpha value is -1.66. The summed E-state index contributed by atoms with van der Waals surface area (Å²) < 4.78 is 29.3. The lowest BCUT2D eigenvalue weighted by Gasteiger charge is -2.21. The largest absolute Gasteiger partial charge is 0.269 e. The Kier molecular flexibility index (Phi) is 5.20. The smallest absolute Gasteiger partial charge is 0.246 e. The van der Waals surface area contributed by atoms with Crippen molar-refractivity contribution in [2.24, 2.45) is 0 Å². The lowest BCUT2D eigenvalue weighted by molar-refractivity contribution is 0.461. The van der Waals surface area contributed by atoms with Gasteiger partial charge in [0.2, 0.25) is 10.0 Å². The molecule has 0 atom stereocenters. The first-order chi connectivity index (χ1) is 11.0. The Morgan fingerprint density at radius 3 is 2.25 bits per heavy atom. The molecule has 0 amide bonds. The second-order valence-electron chi connectivity index (χ2n) is 7.41. The molecular weight excluding hydrogens is 322 g/mol. The minimum atomic E-state index is -3.61. The zero-order valence-electron chi connectivity index (χ0n) is 15.3. The molecule has 0 N–H and O–H groups in total. The van der Waals surface area contributed by atoms with Crippen LogP contribution in [-0.2, 0) is 22.0 Å². The Labute approximate surface area is 145 Å². The van der Waals surface area contributed by atoms with Crippen molar-refractivity contribution in [3.63, 3.8) is 0 Å². The molecule has 0 saturated heterocycles. The second kappa shape index (κ2) is 6.69. The molecule has 0 saturated carbocycles. The van der Waals surface area contributed by atoms with Crippen LogP contribution in [-0.4, -0.2) is 29.6 Å². The monoisotopic (exact) mass is 349 g/mol. The highest BCUT2D eigenvalue weighted by Gasteiger charge is 2.32. The standard InChI is InChI=1S/C18H27N3O2S/c1-14(2)21-13-16(17(19-21)18(3,4)5)24(22,23)20(6)12-15-10-8-7-9-11-15/h7-11,13-14H,12H2,1-6H3. The van der Waals surface area contributed by atoms with E-state index >= 15 is 0 Å². The summed E-state index contributed by atoms with van der Waals surface area (Å²) in [4.78, 5) is 0.294. The molecule has 1 aromatic heterocycles. The second-order valence-corrected chi connectivity index (χ2v) is 9.43. The molecule has 2 rings (SSSR count). The summed E-state index contributed by atoms with van der Waals surface area (Å²) in [5, 5.41) is 4.55. The molecule has 0 radical (unpaired) electrons. The maximum Gasteiger partial charge on any atom is 0.246 e. The molecule has 0 aliphatic carbocycles. The number of benzene rings is 1. The van der Waals surface area contributed by atoms with Crippen LogP contribution in [0.4, 0.5) is 0 Å². The third kappa shape index (κ3) is 3.87. The minimum Gasteiger partial charge on any atom is -0.269 e. The number of rotatable bonds is 5. The predicted molar refractivity (Wildman–Crippen MR) is 96.4 cm³/mol. The zero-order valence-corrected chi connectivity index (χ0v) is 16.1. The molecule has 24 heavy (non-hydrogen) atoms. The summed E-state index contributed by atoms with van der Waals surface area (Å²) in [6, 6.07) is 9.69. The van der Waals surface area contributed by atoms with Crippen molar-refractivity contribution < 1.29 is 8.42 Å². The van der Waals surface area contributed by atoms with Gasteiger partial charge in [0, 0.05) is 31.2 Å². The van der Waals surface area contributed by atoms with Gasteiger partial charge in [0.1, 0.15) is 4.90 Å². The van der Waals surface area contributed by atoms with Crippen molar-refractivity contribution in [3.05, 3.63) is 47.8 Å². The van der Waals surface area contributed by atoms with Crippen LogP contribution in [0.5, 0.6) is 0 Å². The predicted octanol–water partition coefficient (Wildman–Crippen LogP) is 3.58. The first-order valence-electron chi connectivity index (χ1n) is 8.13. The molecule has 0 aliphatic rings. The molecule has 6 heteroatoms. The SMILES string of the molecule is CC(C)n1cc(S(=O)(=O)N(C)Cc2ccccc2)c(C(C)(C)C)n1. The Morgan fingerprint density at radius 2 is 1.75 bits per heavy atom. The highest BCUT2D eigenvalue weighted by Crippen LogP contribution is 2.30. The van der Waals surface area contributed by atoms with Gasteiger partial charge < -0.3 is 0 Å². The van der Waals surface area contributed by atoms with Gasteiger partial charge in [-0.25, -0.2) is 8.42 Å². The fraction of sp³-hybridized carbons (Fsp3) is 0.500. The molecule has 1 aromatic carbocycles. The minimum absolute atomic E-state index is 0.106. The Bertz CT molecular complexity index is 787. The van der Waals surface area contributed by atoms with Crippen molar-refractivity contribution in [1.29, 1.82) is 0 Å². The number of sulfonamides is 1. The number of nitrogens with zero attached hydrogens (tertiary/aromatic N) is 3. The van der Waals surface area contributed by atoms with Crippen LogP contribution in [0.25, 0.3) is 0 Å². The summed E-state index contributed by atoms with van der Waals surface area (Å²) in [7, 11) is -2.00. The summed E-state index contributed by atoms with van der Waals surface area (Å²) in [6.07, 6.45) is 1.65. The van der Waals surface area contributed by atoms with Crippen LogP contribution in [0.15, 0.2) is 41.4 Å². The average molecular weight is 350 g/mol. The van der Waals surface area contributed by atoms with Gasteiger partial charge in [-0.15, -0.1) is 0 Å². The van der Waals surface area contributed by atoms with Gasteiger partial charge in [-0.2, -0.15) is 9.40 Å². The third-order valence-electron chi connectivity index (χ3n) is 3.87. The molecule has 0 fully saturated rings. The van der Waals surface area contributed by atoms with Gasteiger partial charge in [0.05, 0.1) is 5.69 Å². The average Bonchev–Trinajstić information content (AvgIpc) is 2.94. The fourth-order valence-electron chi connectivity index (χ4n) is 2.44. The van der Waals surface area contributed by atoms with E-state index in [0.29, 0.717) is 17.1 Å². The summed E-state index contributed by atoms with van der Waals surface area (Å²) in [5.41, 5.74) is 1.21. The summed E-state index contributed by atoms with van der Waals surface area (Å²) in [5.74, 6) is 0. The Balaban J connectivity index is 2.44. The number of aromatic nitrogens is 2. The van der Waals surface area contributed by atoms with E-state index < -0.39 is 10.0 Å². The van der Waals surface area contributed by atoms with E-state index in [2.05, 4.69) is 5.10 Å². The van der Waals surface area contributed by atoms with Crippen LogP contribution in [0.3, 0.4) is 0 Å². The molecule has 2 aromatic rings. The van der Waals surface area contributed by atoms with E-state index in [0.717, 1.165) is 5.56 Å². The molecule has 0 aliphatic heterocycles. The lowest BCUT2D eigenvalue weighted by Crippen LogP contribution is -2.28. The van der Waals surface area contributed by atoms with Gasteiger partial charge in [-0.1, -0.05) is 51.1 Å². The van der Waals surface area contributed by atoms with Crippen LogP contribution >= 0.6 is 0 Å². The van der Waals surface area contributed by atoms with E-state index in [1.165, 1.54) is 4.31 Å². The van der Waals surface area contributed by atoms with E-state index in [1.807, 2.05) is 65.0 Å². The van der Waals surface area contributed by atoms with Gasteiger partial charge >= 0.3 is 0 Å². The van der Waals surface area contributed by atoms with Crippen LogP contribution in [0.1, 0.15) is 51.9 Å². The number of hydrogen-bond donors (Lipinski definition) is 0. The van der Waals surface area contributed by atoms with E-state index in [4.69, 9.17) is 0 Å². The molecular formula is C18H27N3O2S. The van der Waals surface area contributed by atoms with Crippen molar-refractivity contribution in [2.75, 3.05) is 7.05 Å². The van der Waals surface area contributed by atoms with Crippen molar-refractivity contribution >= 4 is 10.0 Å². The van der Waals surface area contributed by atoms with Crippen molar-refractivity contribution in [1.82, 2.24) is 14.1 Å². The van der Waals surface area contributed by atoms with E-state index in [1.54, 1.807) is 17.9 Å². The fourth-order valence-corrected chi connectivity index (χ4v) is 3.93. The first-order valence-corrected chi connectivity index (χ1v) is 9.57. The van der Waals surface area contributed by atoms with Crippen LogP contribution in [0, 0.1) is 0 Å². The topological polar surface area (TPSA) is 55.2 Å². The maximum atomic E-state index is 13.1. The molecule has 0 bridgehead atoms. The van der Waals surface area contributed by atoms with Gasteiger partial charge in [0.25, 0.3) is 0 Å². The van der Waals surface area contributed by atoms with E-state index in [9.17, 15) is 8.42 Å². The third-order valence-corrected chi connectivity index (χ3v) is 5.68. The van der Waals surface area contributed by atoms with Gasteiger partial charge in [0.15, 0.2) is 0 Å². The van der Waals surface area contributed by atoms with Gasteiger partial charge in [-0.05, 0) is 19.4 Å². The van der Waals surface area contributed by atoms with Crippen LogP contribution < -0.4 is 0 Å². The highest BCUT2D eigenvalue weighted by atomic mass is 32.2.